The highest BCUT2D eigenvalue weighted by Crippen LogP contribution is 2.20. The highest BCUT2D eigenvalue weighted by molar-refractivity contribution is 7.13. The fourth-order valence-electron chi connectivity index (χ4n) is 2.27. The van der Waals surface area contributed by atoms with Crippen LogP contribution in [0.2, 0.25) is 0 Å². The molecule has 1 N–H and O–H groups in total. The molecule has 1 amide bonds. The van der Waals surface area contributed by atoms with Gasteiger partial charge in [0.2, 0.25) is 0 Å². The number of carbonyl (C=O) groups is 1. The molecule has 0 aromatic carbocycles. The molecular weight excluding hydrogens is 274 g/mol. The zero-order chi connectivity index (χ0) is 14.6. The van der Waals surface area contributed by atoms with Crippen molar-refractivity contribution in [3.63, 3.8) is 0 Å². The Bertz CT molecular complexity index is 428. The Kier molecular flexibility index (Phi) is 4.86. The van der Waals surface area contributed by atoms with Crippen molar-refractivity contribution in [2.45, 2.75) is 39.2 Å². The number of nitrogens with zero attached hydrogens (tertiary/aromatic N) is 2. The van der Waals surface area contributed by atoms with Crippen LogP contribution in [0.5, 0.6) is 0 Å². The quantitative estimate of drug-likeness (QED) is 0.931. The molecule has 0 bridgehead atoms. The van der Waals surface area contributed by atoms with Gasteiger partial charge in [-0.2, -0.15) is 0 Å². The fourth-order valence-corrected chi connectivity index (χ4v) is 2.81. The summed E-state index contributed by atoms with van der Waals surface area (Å²) in [7, 11) is 0. The summed E-state index contributed by atoms with van der Waals surface area (Å²) < 4.78 is 5.43. The van der Waals surface area contributed by atoms with Crippen molar-refractivity contribution in [2.75, 3.05) is 25.0 Å². The summed E-state index contributed by atoms with van der Waals surface area (Å²) in [5, 5.41) is 6.23. The van der Waals surface area contributed by atoms with Gasteiger partial charge in [-0.1, -0.05) is 0 Å². The van der Waals surface area contributed by atoms with Crippen molar-refractivity contribution < 1.29 is 9.53 Å². The molecule has 1 atom stereocenters. The van der Waals surface area contributed by atoms with Gasteiger partial charge in [0.25, 0.3) is 0 Å². The lowest BCUT2D eigenvalue weighted by Gasteiger charge is -2.34. The standard InChI is InChI=1S/C14H23N3O2S/c1-14(2,3)19-13(18)17-7-4-5-11(10-17)9-16-12-15-6-8-20-12/h6,8,11H,4-5,7,9-10H2,1-3H3,(H,15,16). The molecule has 6 heteroatoms. The molecule has 5 nitrogen and oxygen atoms in total. The number of hydrogen-bond donors (Lipinski definition) is 1. The van der Waals surface area contributed by atoms with E-state index in [-0.39, 0.29) is 6.09 Å². The number of hydrogen-bond acceptors (Lipinski definition) is 5. The van der Waals surface area contributed by atoms with Crippen LogP contribution in [0.1, 0.15) is 33.6 Å². The Labute approximate surface area is 124 Å². The maximum atomic E-state index is 12.1. The average molecular weight is 297 g/mol. The number of anilines is 1. The second-order valence-corrected chi connectivity index (χ2v) is 7.05. The third-order valence-electron chi connectivity index (χ3n) is 3.14. The number of aromatic nitrogens is 1. The first-order valence-corrected chi connectivity index (χ1v) is 7.93. The second kappa shape index (κ2) is 6.43. The van der Waals surface area contributed by atoms with Crippen LogP contribution in [0.4, 0.5) is 9.93 Å². The molecule has 1 unspecified atom stereocenters. The van der Waals surface area contributed by atoms with Crippen molar-refractivity contribution in [1.29, 1.82) is 0 Å². The van der Waals surface area contributed by atoms with Crippen LogP contribution in [-0.4, -0.2) is 41.2 Å². The number of ether oxygens (including phenoxy) is 1. The molecular formula is C14H23N3O2S. The van der Waals surface area contributed by atoms with Crippen LogP contribution in [0.25, 0.3) is 0 Å². The van der Waals surface area contributed by atoms with Gasteiger partial charge in [-0.15, -0.1) is 11.3 Å². The number of thiazole rings is 1. The van der Waals surface area contributed by atoms with E-state index >= 15 is 0 Å². The molecule has 1 aliphatic heterocycles. The first-order valence-electron chi connectivity index (χ1n) is 7.05. The van der Waals surface area contributed by atoms with E-state index in [0.717, 1.165) is 37.6 Å². The van der Waals surface area contributed by atoms with Gasteiger partial charge in [-0.25, -0.2) is 9.78 Å². The van der Waals surface area contributed by atoms with Crippen LogP contribution in [-0.2, 0) is 4.74 Å². The molecule has 1 aliphatic rings. The third-order valence-corrected chi connectivity index (χ3v) is 3.88. The largest absolute Gasteiger partial charge is 0.444 e. The van der Waals surface area contributed by atoms with Gasteiger partial charge in [0.1, 0.15) is 5.60 Å². The molecule has 0 spiro atoms. The molecule has 1 aromatic rings. The normalized spacial score (nSPS) is 19.8. The van der Waals surface area contributed by atoms with Crippen LogP contribution >= 0.6 is 11.3 Å². The Hall–Kier alpha value is -1.30. The first kappa shape index (κ1) is 15.1. The number of likely N-dealkylation sites (tertiary alicyclic amines) is 1. The highest BCUT2D eigenvalue weighted by atomic mass is 32.1. The molecule has 1 aromatic heterocycles. The van der Waals surface area contributed by atoms with Crippen LogP contribution < -0.4 is 5.32 Å². The Morgan fingerprint density at radius 3 is 3.05 bits per heavy atom. The van der Waals surface area contributed by atoms with E-state index in [1.807, 2.05) is 31.1 Å². The summed E-state index contributed by atoms with van der Waals surface area (Å²) in [6.07, 6.45) is 3.76. The van der Waals surface area contributed by atoms with E-state index in [1.165, 1.54) is 0 Å². The average Bonchev–Trinajstić information content (AvgIpc) is 2.88. The smallest absolute Gasteiger partial charge is 0.410 e. The molecule has 1 saturated heterocycles. The van der Waals surface area contributed by atoms with E-state index < -0.39 is 5.60 Å². The number of nitrogens with one attached hydrogen (secondary N) is 1. The van der Waals surface area contributed by atoms with Gasteiger partial charge in [-0.05, 0) is 39.5 Å². The molecule has 112 valence electrons. The van der Waals surface area contributed by atoms with Crippen molar-refractivity contribution in [2.24, 2.45) is 5.92 Å². The van der Waals surface area contributed by atoms with Crippen molar-refractivity contribution in [1.82, 2.24) is 9.88 Å². The summed E-state index contributed by atoms with van der Waals surface area (Å²) >= 11 is 1.60. The lowest BCUT2D eigenvalue weighted by Crippen LogP contribution is -2.44. The minimum Gasteiger partial charge on any atom is -0.444 e. The van der Waals surface area contributed by atoms with E-state index in [4.69, 9.17) is 4.74 Å². The lowest BCUT2D eigenvalue weighted by atomic mass is 9.98. The minimum atomic E-state index is -0.427. The number of amides is 1. The van der Waals surface area contributed by atoms with Gasteiger partial charge in [0.05, 0.1) is 0 Å². The molecule has 2 rings (SSSR count). The first-order chi connectivity index (χ1) is 9.44. The van der Waals surface area contributed by atoms with Crippen LogP contribution in [0, 0.1) is 5.92 Å². The van der Waals surface area contributed by atoms with Gasteiger partial charge >= 0.3 is 6.09 Å². The van der Waals surface area contributed by atoms with E-state index in [0.29, 0.717) is 5.92 Å². The molecule has 0 aliphatic carbocycles. The summed E-state index contributed by atoms with van der Waals surface area (Å²) in [6.45, 7) is 8.10. The third kappa shape index (κ3) is 4.67. The van der Waals surface area contributed by atoms with Crippen LogP contribution in [0.3, 0.4) is 0 Å². The van der Waals surface area contributed by atoms with Crippen LogP contribution in [0.15, 0.2) is 11.6 Å². The van der Waals surface area contributed by atoms with E-state index in [2.05, 4.69) is 10.3 Å². The maximum absolute atomic E-state index is 12.1. The zero-order valence-electron chi connectivity index (χ0n) is 12.4. The fraction of sp³-hybridized carbons (Fsp3) is 0.714. The van der Waals surface area contributed by atoms with E-state index in [1.54, 1.807) is 17.5 Å². The number of carbonyl (C=O) groups excluding carboxylic acids is 1. The Morgan fingerprint density at radius 1 is 1.60 bits per heavy atom. The predicted octanol–water partition coefficient (Wildman–Crippen LogP) is 3.20. The van der Waals surface area contributed by atoms with Crippen molar-refractivity contribution in [3.05, 3.63) is 11.6 Å². The topological polar surface area (TPSA) is 54.5 Å². The SMILES string of the molecule is CC(C)(C)OC(=O)N1CCCC(CNc2nccs2)C1. The van der Waals surface area contributed by atoms with Gasteiger partial charge < -0.3 is 15.0 Å². The molecule has 2 heterocycles. The monoisotopic (exact) mass is 297 g/mol. The van der Waals surface area contributed by atoms with Gasteiger partial charge in [0, 0.05) is 31.2 Å². The summed E-state index contributed by atoms with van der Waals surface area (Å²) in [5.74, 6) is 0.458. The summed E-state index contributed by atoms with van der Waals surface area (Å²) in [4.78, 5) is 18.1. The van der Waals surface area contributed by atoms with Crippen molar-refractivity contribution in [3.8, 4) is 0 Å². The predicted molar refractivity (Wildman–Crippen MR) is 81.1 cm³/mol. The summed E-state index contributed by atoms with van der Waals surface area (Å²) in [5.41, 5.74) is -0.427. The van der Waals surface area contributed by atoms with Crippen molar-refractivity contribution >= 4 is 22.6 Å². The maximum Gasteiger partial charge on any atom is 0.410 e. The number of rotatable bonds is 3. The second-order valence-electron chi connectivity index (χ2n) is 6.15. The van der Waals surface area contributed by atoms with Gasteiger partial charge in [-0.3, -0.25) is 0 Å². The van der Waals surface area contributed by atoms with E-state index in [9.17, 15) is 4.79 Å². The van der Waals surface area contributed by atoms with Gasteiger partial charge in [0.15, 0.2) is 5.13 Å². The minimum absolute atomic E-state index is 0.198. The Morgan fingerprint density at radius 2 is 2.40 bits per heavy atom. The molecule has 20 heavy (non-hydrogen) atoms. The molecule has 0 radical (unpaired) electrons. The zero-order valence-corrected chi connectivity index (χ0v) is 13.2. The molecule has 1 fully saturated rings. The highest BCUT2D eigenvalue weighted by Gasteiger charge is 2.27. The summed E-state index contributed by atoms with van der Waals surface area (Å²) in [6, 6.07) is 0. The molecule has 0 saturated carbocycles. The number of piperidine rings is 1. The lowest BCUT2D eigenvalue weighted by molar-refractivity contribution is 0.0172. The Balaban J connectivity index is 1.80.